The number of phenolic OH excluding ortho intramolecular Hbond substituents is 1. The van der Waals surface area contributed by atoms with E-state index in [4.69, 9.17) is 22.8 Å². The molecule has 1 N–H and O–H groups in total. The number of aromatic hydroxyl groups is 1. The number of phenols is 1. The van der Waals surface area contributed by atoms with Crippen LogP contribution in [0.4, 0.5) is 5.69 Å². The first-order valence-electron chi connectivity index (χ1n) is 7.08. The lowest BCUT2D eigenvalue weighted by Gasteiger charge is -2.33. The Morgan fingerprint density at radius 2 is 2.09 bits per heavy atom. The minimum atomic E-state index is -0.708. The minimum Gasteiger partial charge on any atom is -0.508 e. The number of fused-ring (bicyclic) bond motifs is 1. The molecular formula is C18H14ClNO3. The van der Waals surface area contributed by atoms with E-state index in [2.05, 4.69) is 5.92 Å². The van der Waals surface area contributed by atoms with E-state index in [0.29, 0.717) is 22.9 Å². The zero-order chi connectivity index (χ0) is 16.4. The van der Waals surface area contributed by atoms with Gasteiger partial charge in [0.2, 0.25) is 0 Å². The predicted molar refractivity (Wildman–Crippen MR) is 88.9 cm³/mol. The van der Waals surface area contributed by atoms with Crippen molar-refractivity contribution in [2.75, 3.05) is 11.4 Å². The Bertz CT molecular complexity index is 797. The van der Waals surface area contributed by atoms with Gasteiger partial charge >= 0.3 is 0 Å². The van der Waals surface area contributed by atoms with Crippen LogP contribution in [0.15, 0.2) is 42.5 Å². The smallest absolute Gasteiger partial charge is 0.269 e. The van der Waals surface area contributed by atoms with Gasteiger partial charge in [0.05, 0.1) is 12.2 Å². The minimum absolute atomic E-state index is 0.0479. The lowest BCUT2D eigenvalue weighted by Crippen LogP contribution is -2.47. The Balaban J connectivity index is 1.95. The summed E-state index contributed by atoms with van der Waals surface area (Å²) in [5.41, 5.74) is 1.30. The van der Waals surface area contributed by atoms with Gasteiger partial charge in [0.1, 0.15) is 11.5 Å². The Hall–Kier alpha value is -2.64. The summed E-state index contributed by atoms with van der Waals surface area (Å²) in [6.07, 6.45) is 5.01. The first-order valence-corrected chi connectivity index (χ1v) is 7.46. The maximum absolute atomic E-state index is 12.7. The number of anilines is 1. The van der Waals surface area contributed by atoms with E-state index in [9.17, 15) is 9.90 Å². The maximum atomic E-state index is 12.7. The number of halogens is 1. The number of rotatable bonds is 3. The molecule has 1 heterocycles. The van der Waals surface area contributed by atoms with Crippen molar-refractivity contribution in [3.63, 3.8) is 0 Å². The van der Waals surface area contributed by atoms with Crippen LogP contribution in [0.2, 0.25) is 5.02 Å². The Kier molecular flexibility index (Phi) is 4.14. The molecule has 0 saturated carbocycles. The van der Waals surface area contributed by atoms with Crippen LogP contribution in [0.3, 0.4) is 0 Å². The normalized spacial score (nSPS) is 16.4. The Morgan fingerprint density at radius 3 is 2.83 bits per heavy atom. The number of terminal acetylenes is 1. The molecular weight excluding hydrogens is 314 g/mol. The quantitative estimate of drug-likeness (QED) is 0.882. The molecule has 5 heteroatoms. The molecule has 2 aromatic rings. The van der Waals surface area contributed by atoms with Crippen molar-refractivity contribution in [1.82, 2.24) is 0 Å². The fourth-order valence-electron chi connectivity index (χ4n) is 2.56. The first-order chi connectivity index (χ1) is 11.1. The van der Waals surface area contributed by atoms with Gasteiger partial charge in [0.15, 0.2) is 6.10 Å². The van der Waals surface area contributed by atoms with E-state index in [1.54, 1.807) is 12.1 Å². The number of ether oxygens (including phenoxy) is 1. The standard InChI is InChI=1S/C18H14ClNO3/c1-2-9-20-15-11-13(21)7-8-16(15)23-17(18(20)22)10-12-5-3-4-6-14(12)19/h1,3-8,11,17,21H,9-10H2. The van der Waals surface area contributed by atoms with Crippen molar-refractivity contribution in [3.8, 4) is 23.8 Å². The number of carbonyl (C=O) groups excluding carboxylic acids is 1. The molecule has 1 aliphatic heterocycles. The van der Waals surface area contributed by atoms with Gasteiger partial charge in [-0.25, -0.2) is 0 Å². The zero-order valence-corrected chi connectivity index (χ0v) is 13.0. The number of amides is 1. The largest absolute Gasteiger partial charge is 0.508 e. The number of hydrogen-bond donors (Lipinski definition) is 1. The van der Waals surface area contributed by atoms with Crippen LogP contribution in [-0.2, 0) is 11.2 Å². The molecule has 0 bridgehead atoms. The van der Waals surface area contributed by atoms with Crippen LogP contribution in [0, 0.1) is 12.3 Å². The van der Waals surface area contributed by atoms with Crippen LogP contribution in [0.5, 0.6) is 11.5 Å². The molecule has 1 amide bonds. The molecule has 0 aliphatic carbocycles. The zero-order valence-electron chi connectivity index (χ0n) is 12.2. The summed E-state index contributed by atoms with van der Waals surface area (Å²) in [6, 6.07) is 11.9. The highest BCUT2D eigenvalue weighted by atomic mass is 35.5. The third-order valence-corrected chi connectivity index (χ3v) is 4.03. The Morgan fingerprint density at radius 1 is 1.30 bits per heavy atom. The SMILES string of the molecule is C#CCN1C(=O)C(Cc2ccccc2Cl)Oc2ccc(O)cc21. The van der Waals surface area contributed by atoms with Crippen molar-refractivity contribution in [3.05, 3.63) is 53.1 Å². The molecule has 1 unspecified atom stereocenters. The van der Waals surface area contributed by atoms with Crippen LogP contribution < -0.4 is 9.64 Å². The third-order valence-electron chi connectivity index (χ3n) is 3.66. The van der Waals surface area contributed by atoms with E-state index in [1.165, 1.54) is 17.0 Å². The monoisotopic (exact) mass is 327 g/mol. The number of nitrogens with zero attached hydrogens (tertiary/aromatic N) is 1. The van der Waals surface area contributed by atoms with Crippen LogP contribution in [0.25, 0.3) is 0 Å². The highest BCUT2D eigenvalue weighted by Crippen LogP contribution is 2.37. The average molecular weight is 328 g/mol. The topological polar surface area (TPSA) is 49.8 Å². The van der Waals surface area contributed by atoms with E-state index >= 15 is 0 Å². The highest BCUT2D eigenvalue weighted by Gasteiger charge is 2.34. The van der Waals surface area contributed by atoms with Crippen molar-refractivity contribution in [2.45, 2.75) is 12.5 Å². The fourth-order valence-corrected chi connectivity index (χ4v) is 2.77. The van der Waals surface area contributed by atoms with Crippen LogP contribution in [0.1, 0.15) is 5.56 Å². The second-order valence-corrected chi connectivity index (χ2v) is 5.59. The van der Waals surface area contributed by atoms with Gasteiger partial charge in [-0.05, 0) is 23.8 Å². The second-order valence-electron chi connectivity index (χ2n) is 5.18. The van der Waals surface area contributed by atoms with Gasteiger partial charge in [-0.2, -0.15) is 0 Å². The Labute approximate surface area is 139 Å². The summed E-state index contributed by atoms with van der Waals surface area (Å²) in [5.74, 6) is 2.77. The highest BCUT2D eigenvalue weighted by molar-refractivity contribution is 6.31. The molecule has 1 aliphatic rings. The van der Waals surface area contributed by atoms with Gasteiger partial charge in [0.25, 0.3) is 5.91 Å². The maximum Gasteiger partial charge on any atom is 0.269 e. The molecule has 0 fully saturated rings. The van der Waals surface area contributed by atoms with Gasteiger partial charge in [0, 0.05) is 17.5 Å². The van der Waals surface area contributed by atoms with E-state index < -0.39 is 6.10 Å². The second kappa shape index (κ2) is 6.23. The fraction of sp³-hybridized carbons (Fsp3) is 0.167. The summed E-state index contributed by atoms with van der Waals surface area (Å²) in [6.45, 7) is 0.109. The summed E-state index contributed by atoms with van der Waals surface area (Å²) < 4.78 is 5.81. The molecule has 2 aromatic carbocycles. The van der Waals surface area contributed by atoms with Gasteiger partial charge in [-0.3, -0.25) is 9.69 Å². The lowest BCUT2D eigenvalue weighted by atomic mass is 10.0. The van der Waals surface area contributed by atoms with E-state index in [0.717, 1.165) is 5.56 Å². The lowest BCUT2D eigenvalue weighted by molar-refractivity contribution is -0.126. The predicted octanol–water partition coefficient (Wildman–Crippen LogP) is 3.02. The van der Waals surface area contributed by atoms with Crippen molar-refractivity contribution in [2.24, 2.45) is 0 Å². The van der Waals surface area contributed by atoms with Crippen LogP contribution >= 0.6 is 11.6 Å². The number of carbonyl (C=O) groups is 1. The van der Waals surface area contributed by atoms with Gasteiger partial charge < -0.3 is 9.84 Å². The first kappa shape index (κ1) is 15.3. The van der Waals surface area contributed by atoms with Crippen molar-refractivity contribution >= 4 is 23.2 Å². The number of hydrogen-bond acceptors (Lipinski definition) is 3. The van der Waals surface area contributed by atoms with Crippen molar-refractivity contribution < 1.29 is 14.6 Å². The van der Waals surface area contributed by atoms with E-state index in [-0.39, 0.29) is 18.2 Å². The van der Waals surface area contributed by atoms with Gasteiger partial charge in [-0.1, -0.05) is 35.7 Å². The molecule has 116 valence electrons. The molecule has 0 saturated heterocycles. The molecule has 0 aromatic heterocycles. The molecule has 23 heavy (non-hydrogen) atoms. The summed E-state index contributed by atoms with van der Waals surface area (Å²) in [4.78, 5) is 14.1. The van der Waals surface area contributed by atoms with Crippen LogP contribution in [-0.4, -0.2) is 23.7 Å². The summed E-state index contributed by atoms with van der Waals surface area (Å²) in [7, 11) is 0. The molecule has 0 spiro atoms. The number of benzene rings is 2. The molecule has 1 atom stereocenters. The van der Waals surface area contributed by atoms with Gasteiger partial charge in [-0.15, -0.1) is 6.42 Å². The van der Waals surface area contributed by atoms with E-state index in [1.807, 2.05) is 18.2 Å². The summed E-state index contributed by atoms with van der Waals surface area (Å²) in [5, 5.41) is 10.2. The molecule has 3 rings (SSSR count). The van der Waals surface area contributed by atoms with Crippen molar-refractivity contribution in [1.29, 1.82) is 0 Å². The third kappa shape index (κ3) is 2.96. The molecule has 4 nitrogen and oxygen atoms in total. The summed E-state index contributed by atoms with van der Waals surface area (Å²) >= 11 is 6.16. The molecule has 0 radical (unpaired) electrons. The average Bonchev–Trinajstić information content (AvgIpc) is 2.54.